The van der Waals surface area contributed by atoms with Crippen LogP contribution < -0.4 is 4.90 Å². The lowest BCUT2D eigenvalue weighted by Gasteiger charge is -2.31. The number of anilines is 1. The Morgan fingerprint density at radius 2 is 1.59 bits per heavy atom. The van der Waals surface area contributed by atoms with Crippen molar-refractivity contribution in [3.05, 3.63) is 29.8 Å². The normalized spacial score (nSPS) is 13.5. The van der Waals surface area contributed by atoms with E-state index >= 15 is 0 Å². The van der Waals surface area contributed by atoms with Gasteiger partial charge in [-0.15, -0.1) is 0 Å². The van der Waals surface area contributed by atoms with Gasteiger partial charge in [0.1, 0.15) is 0 Å². The number of rotatable bonds is 4. The van der Waals surface area contributed by atoms with Crippen LogP contribution >= 0.6 is 0 Å². The highest BCUT2D eigenvalue weighted by Gasteiger charge is 2.25. The van der Waals surface area contributed by atoms with Crippen molar-refractivity contribution in [3.8, 4) is 0 Å². The molecule has 1 nitrogen and oxygen atoms in total. The molecule has 17 heavy (non-hydrogen) atoms. The Morgan fingerprint density at radius 1 is 1.06 bits per heavy atom. The molecule has 0 saturated carbocycles. The molecule has 0 aliphatic carbocycles. The zero-order chi connectivity index (χ0) is 13.1. The number of hydrogen-bond acceptors (Lipinski definition) is 1. The second kappa shape index (κ2) is 5.57. The Balaban J connectivity index is 2.95. The Bertz CT molecular complexity index is 330. The van der Waals surface area contributed by atoms with Crippen molar-refractivity contribution in [3.63, 3.8) is 0 Å². The third kappa shape index (κ3) is 3.76. The second-order valence-electron chi connectivity index (χ2n) is 6.19. The fourth-order valence-electron chi connectivity index (χ4n) is 2.39. The van der Waals surface area contributed by atoms with Gasteiger partial charge in [-0.25, -0.2) is 0 Å². The highest BCUT2D eigenvalue weighted by Crippen LogP contribution is 2.38. The first kappa shape index (κ1) is 14.1. The van der Waals surface area contributed by atoms with E-state index in [4.69, 9.17) is 0 Å². The summed E-state index contributed by atoms with van der Waals surface area (Å²) in [4.78, 5) is 2.15. The molecule has 0 aliphatic rings. The molecule has 0 fully saturated rings. The third-order valence-corrected chi connectivity index (χ3v) is 3.43. The van der Waals surface area contributed by atoms with Crippen LogP contribution in [0.25, 0.3) is 0 Å². The van der Waals surface area contributed by atoms with Crippen molar-refractivity contribution in [2.24, 2.45) is 5.41 Å². The molecule has 0 radical (unpaired) electrons. The van der Waals surface area contributed by atoms with Gasteiger partial charge in [-0.2, -0.15) is 0 Å². The summed E-state index contributed by atoms with van der Waals surface area (Å²) in [6.45, 7) is 9.29. The maximum Gasteiger partial charge on any atom is 0.0361 e. The zero-order valence-electron chi connectivity index (χ0n) is 12.2. The molecule has 0 aromatic heterocycles. The van der Waals surface area contributed by atoms with E-state index in [2.05, 4.69) is 71.0 Å². The van der Waals surface area contributed by atoms with E-state index < -0.39 is 0 Å². The molecule has 1 aromatic rings. The summed E-state index contributed by atoms with van der Waals surface area (Å²) in [5, 5.41) is 0. The lowest BCUT2D eigenvalue weighted by Crippen LogP contribution is -2.18. The van der Waals surface area contributed by atoms with Gasteiger partial charge < -0.3 is 4.90 Å². The van der Waals surface area contributed by atoms with Crippen molar-refractivity contribution in [2.75, 3.05) is 19.0 Å². The molecule has 0 heterocycles. The Kier molecular flexibility index (Phi) is 4.62. The summed E-state index contributed by atoms with van der Waals surface area (Å²) in [6, 6.07) is 9.04. The van der Waals surface area contributed by atoms with Crippen LogP contribution in [0.15, 0.2) is 24.3 Å². The first-order chi connectivity index (χ1) is 7.86. The van der Waals surface area contributed by atoms with Gasteiger partial charge in [0.15, 0.2) is 0 Å². The van der Waals surface area contributed by atoms with Crippen molar-refractivity contribution in [1.29, 1.82) is 0 Å². The van der Waals surface area contributed by atoms with Gasteiger partial charge >= 0.3 is 0 Å². The van der Waals surface area contributed by atoms with Gasteiger partial charge in [-0.05, 0) is 35.4 Å². The molecule has 1 atom stereocenters. The summed E-state index contributed by atoms with van der Waals surface area (Å²) in [7, 11) is 4.17. The van der Waals surface area contributed by atoms with Gasteiger partial charge in [-0.1, -0.05) is 46.2 Å². The molecule has 0 amide bonds. The van der Waals surface area contributed by atoms with E-state index in [1.54, 1.807) is 0 Å². The average molecular weight is 233 g/mol. The van der Waals surface area contributed by atoms with Crippen LogP contribution in [0.4, 0.5) is 5.69 Å². The van der Waals surface area contributed by atoms with Crippen LogP contribution in [0.1, 0.15) is 52.0 Å². The van der Waals surface area contributed by atoms with E-state index in [9.17, 15) is 0 Å². The lowest BCUT2D eigenvalue weighted by molar-refractivity contribution is 0.303. The molecule has 1 unspecified atom stereocenters. The van der Waals surface area contributed by atoms with Crippen LogP contribution in [0.2, 0.25) is 0 Å². The SMILES string of the molecule is CCCC(c1ccc(N(C)C)cc1)C(C)(C)C. The lowest BCUT2D eigenvalue weighted by atomic mass is 9.74. The van der Waals surface area contributed by atoms with Crippen molar-refractivity contribution in [1.82, 2.24) is 0 Å². The quantitative estimate of drug-likeness (QED) is 0.729. The zero-order valence-corrected chi connectivity index (χ0v) is 12.2. The number of hydrogen-bond donors (Lipinski definition) is 0. The summed E-state index contributed by atoms with van der Waals surface area (Å²) >= 11 is 0. The largest absolute Gasteiger partial charge is 0.378 e. The minimum absolute atomic E-state index is 0.343. The van der Waals surface area contributed by atoms with Crippen molar-refractivity contribution >= 4 is 5.69 Å². The van der Waals surface area contributed by atoms with Crippen LogP contribution in [0.5, 0.6) is 0 Å². The van der Waals surface area contributed by atoms with E-state index in [0.29, 0.717) is 11.3 Å². The van der Waals surface area contributed by atoms with E-state index in [1.807, 2.05) is 0 Å². The first-order valence-corrected chi connectivity index (χ1v) is 6.63. The van der Waals surface area contributed by atoms with Gasteiger partial charge in [-0.3, -0.25) is 0 Å². The fourth-order valence-corrected chi connectivity index (χ4v) is 2.39. The molecule has 1 heteroatoms. The molecule has 0 saturated heterocycles. The summed E-state index contributed by atoms with van der Waals surface area (Å²) in [5.74, 6) is 0.656. The predicted molar refractivity (Wildman–Crippen MR) is 77.9 cm³/mol. The van der Waals surface area contributed by atoms with Gasteiger partial charge in [0.05, 0.1) is 0 Å². The standard InChI is InChI=1S/C16H27N/c1-7-8-15(16(2,3)4)13-9-11-14(12-10-13)17(5)6/h9-12,15H,7-8H2,1-6H3. The summed E-state index contributed by atoms with van der Waals surface area (Å²) in [5.41, 5.74) is 3.10. The summed E-state index contributed by atoms with van der Waals surface area (Å²) in [6.07, 6.45) is 2.52. The Morgan fingerprint density at radius 3 is 1.94 bits per heavy atom. The topological polar surface area (TPSA) is 3.24 Å². The molecular weight excluding hydrogens is 206 g/mol. The van der Waals surface area contributed by atoms with E-state index in [-0.39, 0.29) is 0 Å². The van der Waals surface area contributed by atoms with Gasteiger partial charge in [0.2, 0.25) is 0 Å². The van der Waals surface area contributed by atoms with Crippen LogP contribution in [0, 0.1) is 5.41 Å². The smallest absolute Gasteiger partial charge is 0.0361 e. The highest BCUT2D eigenvalue weighted by atomic mass is 15.1. The van der Waals surface area contributed by atoms with Crippen LogP contribution in [0.3, 0.4) is 0 Å². The monoisotopic (exact) mass is 233 g/mol. The molecule has 96 valence electrons. The summed E-state index contributed by atoms with van der Waals surface area (Å²) < 4.78 is 0. The Hall–Kier alpha value is -0.980. The molecule has 0 aliphatic heterocycles. The molecule has 0 bridgehead atoms. The molecule has 1 aromatic carbocycles. The highest BCUT2D eigenvalue weighted by molar-refractivity contribution is 5.46. The maximum absolute atomic E-state index is 2.34. The van der Waals surface area contributed by atoms with Crippen molar-refractivity contribution < 1.29 is 0 Å². The minimum Gasteiger partial charge on any atom is -0.378 e. The molecular formula is C16H27N. The first-order valence-electron chi connectivity index (χ1n) is 6.63. The fraction of sp³-hybridized carbons (Fsp3) is 0.625. The minimum atomic E-state index is 0.343. The molecule has 0 N–H and O–H groups in total. The maximum atomic E-state index is 2.34. The average Bonchev–Trinajstić information content (AvgIpc) is 2.24. The van der Waals surface area contributed by atoms with E-state index in [0.717, 1.165) is 0 Å². The number of nitrogens with zero attached hydrogens (tertiary/aromatic N) is 1. The van der Waals surface area contributed by atoms with Crippen LogP contribution in [-0.2, 0) is 0 Å². The molecule has 1 rings (SSSR count). The van der Waals surface area contributed by atoms with E-state index in [1.165, 1.54) is 24.1 Å². The predicted octanol–water partition coefficient (Wildman–Crippen LogP) is 4.68. The van der Waals surface area contributed by atoms with Gasteiger partial charge in [0, 0.05) is 19.8 Å². The second-order valence-corrected chi connectivity index (χ2v) is 6.19. The molecule has 0 spiro atoms. The Labute approximate surface area is 107 Å². The van der Waals surface area contributed by atoms with Gasteiger partial charge in [0.25, 0.3) is 0 Å². The van der Waals surface area contributed by atoms with Crippen LogP contribution in [-0.4, -0.2) is 14.1 Å². The third-order valence-electron chi connectivity index (χ3n) is 3.43. The van der Waals surface area contributed by atoms with Crippen molar-refractivity contribution in [2.45, 2.75) is 46.5 Å². The number of benzene rings is 1.